The van der Waals surface area contributed by atoms with Gasteiger partial charge >= 0.3 is 0 Å². The molecule has 0 saturated heterocycles. The van der Waals surface area contributed by atoms with Crippen molar-refractivity contribution in [3.05, 3.63) is 84.1 Å². The van der Waals surface area contributed by atoms with Crippen molar-refractivity contribution in [2.75, 3.05) is 0 Å². The minimum absolute atomic E-state index is 0.245. The third-order valence-electron chi connectivity index (χ3n) is 4.25. The summed E-state index contributed by atoms with van der Waals surface area (Å²) in [5, 5.41) is 7.54. The number of hydrogen-bond acceptors (Lipinski definition) is 4. The molecule has 0 spiro atoms. The van der Waals surface area contributed by atoms with Crippen molar-refractivity contribution < 1.29 is 13.6 Å². The van der Waals surface area contributed by atoms with Gasteiger partial charge in [-0.15, -0.1) is 0 Å². The lowest BCUT2D eigenvalue weighted by molar-refractivity contribution is 0.0927. The fourth-order valence-electron chi connectivity index (χ4n) is 2.88. The number of aromatic nitrogens is 2. The van der Waals surface area contributed by atoms with Gasteiger partial charge in [0.15, 0.2) is 5.76 Å². The molecule has 6 heteroatoms. The number of aryl methyl sites for hydroxylation is 1. The summed E-state index contributed by atoms with van der Waals surface area (Å²) in [5.74, 6) is 1.87. The predicted octanol–water partition coefficient (Wildman–Crippen LogP) is 4.52. The summed E-state index contributed by atoms with van der Waals surface area (Å²) in [6, 6.07) is 18.3. The van der Waals surface area contributed by atoms with Crippen LogP contribution in [0.1, 0.15) is 35.0 Å². The Morgan fingerprint density at radius 3 is 2.59 bits per heavy atom. The zero-order valence-electron chi connectivity index (χ0n) is 15.0. The summed E-state index contributed by atoms with van der Waals surface area (Å²) in [6.07, 6.45) is 1.58. The Labute approximate surface area is 156 Å². The molecule has 1 atom stereocenters. The molecular weight excluding hydrogens is 342 g/mol. The van der Waals surface area contributed by atoms with E-state index in [1.807, 2.05) is 62.4 Å². The summed E-state index contributed by atoms with van der Waals surface area (Å²) in [7, 11) is 0. The van der Waals surface area contributed by atoms with Crippen molar-refractivity contribution in [3.8, 4) is 17.1 Å². The first-order valence-corrected chi connectivity index (χ1v) is 8.68. The molecule has 0 saturated carbocycles. The second kappa shape index (κ2) is 6.99. The van der Waals surface area contributed by atoms with Crippen LogP contribution in [-0.2, 0) is 0 Å². The Morgan fingerprint density at radius 1 is 1.11 bits per heavy atom. The molecule has 1 aromatic carbocycles. The third-order valence-corrected chi connectivity index (χ3v) is 4.25. The Kier molecular flexibility index (Phi) is 4.38. The van der Waals surface area contributed by atoms with Gasteiger partial charge in [0, 0.05) is 6.07 Å². The second-order valence-electron chi connectivity index (χ2n) is 6.28. The third kappa shape index (κ3) is 3.42. The number of furan rings is 2. The van der Waals surface area contributed by atoms with E-state index in [0.29, 0.717) is 22.9 Å². The van der Waals surface area contributed by atoms with E-state index in [9.17, 15) is 4.79 Å². The van der Waals surface area contributed by atoms with Gasteiger partial charge in [-0.1, -0.05) is 18.2 Å². The largest absolute Gasteiger partial charge is 0.464 e. The highest BCUT2D eigenvalue weighted by Crippen LogP contribution is 2.23. The lowest BCUT2D eigenvalue weighted by atomic mass is 10.2. The maximum atomic E-state index is 13.0. The first kappa shape index (κ1) is 16.9. The van der Waals surface area contributed by atoms with Gasteiger partial charge in [-0.3, -0.25) is 4.79 Å². The molecule has 0 aliphatic heterocycles. The van der Waals surface area contributed by atoms with Gasteiger partial charge in [0.25, 0.3) is 5.91 Å². The molecule has 0 aliphatic carbocycles. The highest BCUT2D eigenvalue weighted by molar-refractivity contribution is 5.94. The van der Waals surface area contributed by atoms with Crippen LogP contribution in [0.25, 0.3) is 17.1 Å². The number of hydrogen-bond donors (Lipinski definition) is 1. The Balaban J connectivity index is 1.69. The van der Waals surface area contributed by atoms with E-state index < -0.39 is 0 Å². The van der Waals surface area contributed by atoms with E-state index in [2.05, 4.69) is 10.4 Å². The van der Waals surface area contributed by atoms with E-state index in [0.717, 1.165) is 11.4 Å². The van der Waals surface area contributed by atoms with Crippen LogP contribution < -0.4 is 5.32 Å². The molecule has 0 bridgehead atoms. The molecule has 0 aliphatic rings. The average Bonchev–Trinajstić information content (AvgIpc) is 3.42. The van der Waals surface area contributed by atoms with Gasteiger partial charge in [0.1, 0.15) is 22.9 Å². The van der Waals surface area contributed by atoms with E-state index in [4.69, 9.17) is 8.83 Å². The molecule has 3 heterocycles. The molecule has 1 amide bonds. The minimum atomic E-state index is -0.266. The van der Waals surface area contributed by atoms with Crippen LogP contribution in [0.15, 0.2) is 75.8 Å². The number of rotatable bonds is 5. The molecule has 0 radical (unpaired) electrons. The van der Waals surface area contributed by atoms with Gasteiger partial charge in [-0.25, -0.2) is 4.68 Å². The van der Waals surface area contributed by atoms with Crippen molar-refractivity contribution in [3.63, 3.8) is 0 Å². The molecule has 27 heavy (non-hydrogen) atoms. The molecule has 4 aromatic rings. The molecule has 1 unspecified atom stereocenters. The topological polar surface area (TPSA) is 73.2 Å². The highest BCUT2D eigenvalue weighted by atomic mass is 16.3. The van der Waals surface area contributed by atoms with Gasteiger partial charge < -0.3 is 14.2 Å². The molecule has 6 nitrogen and oxygen atoms in total. The molecule has 1 N–H and O–H groups in total. The second-order valence-corrected chi connectivity index (χ2v) is 6.28. The monoisotopic (exact) mass is 361 g/mol. The Bertz CT molecular complexity index is 1050. The van der Waals surface area contributed by atoms with Gasteiger partial charge in [-0.2, -0.15) is 5.10 Å². The molecule has 3 aromatic heterocycles. The predicted molar refractivity (Wildman–Crippen MR) is 101 cm³/mol. The maximum Gasteiger partial charge on any atom is 0.270 e. The van der Waals surface area contributed by atoms with Crippen molar-refractivity contribution in [1.29, 1.82) is 0 Å². The van der Waals surface area contributed by atoms with Crippen LogP contribution in [0.2, 0.25) is 0 Å². The zero-order valence-corrected chi connectivity index (χ0v) is 15.0. The SMILES string of the molecule is Cc1ccc(C(C)NC(=O)c2cc(-c3ccco3)nn2-c2ccccc2)o1. The van der Waals surface area contributed by atoms with Crippen molar-refractivity contribution in [2.24, 2.45) is 0 Å². The lowest BCUT2D eigenvalue weighted by Crippen LogP contribution is -2.28. The lowest BCUT2D eigenvalue weighted by Gasteiger charge is -2.12. The molecular formula is C21H19N3O3. The summed E-state index contributed by atoms with van der Waals surface area (Å²) in [6.45, 7) is 3.75. The Morgan fingerprint density at radius 2 is 1.93 bits per heavy atom. The fraction of sp³-hybridized carbons (Fsp3) is 0.143. The Hall–Kier alpha value is -3.54. The fourth-order valence-corrected chi connectivity index (χ4v) is 2.88. The standard InChI is InChI=1S/C21H19N3O3/c1-14-10-11-19(27-14)15(2)22-21(25)18-13-17(20-9-6-12-26-20)23-24(18)16-7-4-3-5-8-16/h3-13,15H,1-2H3,(H,22,25). The first-order chi connectivity index (χ1) is 13.1. The summed E-state index contributed by atoms with van der Waals surface area (Å²) in [5.41, 5.74) is 1.81. The minimum Gasteiger partial charge on any atom is -0.464 e. The van der Waals surface area contributed by atoms with Crippen LogP contribution in [0.5, 0.6) is 0 Å². The van der Waals surface area contributed by atoms with E-state index >= 15 is 0 Å². The van der Waals surface area contributed by atoms with Crippen LogP contribution in [0, 0.1) is 6.92 Å². The number of nitrogens with zero attached hydrogens (tertiary/aromatic N) is 2. The van der Waals surface area contributed by atoms with Crippen LogP contribution in [0.4, 0.5) is 0 Å². The van der Waals surface area contributed by atoms with Gasteiger partial charge in [-0.05, 0) is 50.2 Å². The summed E-state index contributed by atoms with van der Waals surface area (Å²) >= 11 is 0. The van der Waals surface area contributed by atoms with Crippen LogP contribution >= 0.6 is 0 Å². The molecule has 4 rings (SSSR count). The average molecular weight is 361 g/mol. The van der Waals surface area contributed by atoms with E-state index in [1.54, 1.807) is 23.1 Å². The quantitative estimate of drug-likeness (QED) is 0.567. The van der Waals surface area contributed by atoms with Crippen LogP contribution in [0.3, 0.4) is 0 Å². The first-order valence-electron chi connectivity index (χ1n) is 8.68. The van der Waals surface area contributed by atoms with Crippen molar-refractivity contribution in [1.82, 2.24) is 15.1 Å². The van der Waals surface area contributed by atoms with Crippen LogP contribution in [-0.4, -0.2) is 15.7 Å². The van der Waals surface area contributed by atoms with Crippen molar-refractivity contribution >= 4 is 5.91 Å². The number of nitrogens with one attached hydrogen (secondary N) is 1. The maximum absolute atomic E-state index is 13.0. The highest BCUT2D eigenvalue weighted by Gasteiger charge is 2.21. The summed E-state index contributed by atoms with van der Waals surface area (Å²) in [4.78, 5) is 13.0. The number of para-hydroxylation sites is 1. The van der Waals surface area contributed by atoms with Crippen molar-refractivity contribution in [2.45, 2.75) is 19.9 Å². The smallest absolute Gasteiger partial charge is 0.270 e. The number of benzene rings is 1. The van der Waals surface area contributed by atoms with E-state index in [1.165, 1.54) is 0 Å². The number of amides is 1. The van der Waals surface area contributed by atoms with Gasteiger partial charge in [0.2, 0.25) is 0 Å². The molecule has 136 valence electrons. The van der Waals surface area contributed by atoms with Gasteiger partial charge in [0.05, 0.1) is 18.0 Å². The molecule has 0 fully saturated rings. The number of carbonyl (C=O) groups excluding carboxylic acids is 1. The zero-order chi connectivity index (χ0) is 18.8. The summed E-state index contributed by atoms with van der Waals surface area (Å²) < 4.78 is 12.7. The van der Waals surface area contributed by atoms with E-state index in [-0.39, 0.29) is 11.9 Å². The number of carbonyl (C=O) groups is 1. The normalized spacial score (nSPS) is 12.1.